The number of para-hydroxylation sites is 2. The largest absolute Gasteiger partial charge is 0.487 e. The summed E-state index contributed by atoms with van der Waals surface area (Å²) in [6.07, 6.45) is 0.0674. The van der Waals surface area contributed by atoms with Crippen molar-refractivity contribution in [3.8, 4) is 11.5 Å². The highest BCUT2D eigenvalue weighted by molar-refractivity contribution is 6.21. The van der Waals surface area contributed by atoms with Crippen molar-refractivity contribution in [1.82, 2.24) is 9.97 Å². The Morgan fingerprint density at radius 3 is 1.58 bits per heavy atom. The quantitative estimate of drug-likeness (QED) is 0.131. The van der Waals surface area contributed by atoms with E-state index in [-0.39, 0.29) is 0 Å². The summed E-state index contributed by atoms with van der Waals surface area (Å²) in [5.74, 6) is 0.130. The molecule has 8 nitrogen and oxygen atoms in total. The Morgan fingerprint density at radius 2 is 1.12 bits per heavy atom. The second-order valence-corrected chi connectivity index (χ2v) is 9.76. The van der Waals surface area contributed by atoms with Gasteiger partial charge in [-0.05, 0) is 59.7 Å². The SMILES string of the molecule is O=C(O)C=NOC(c1ccc(OCc2ccc3ccccc3n2)cc1)c1ccc(OCc2ccc3ccccc3n2)cc1. The first-order valence-corrected chi connectivity index (χ1v) is 13.7. The number of aliphatic carboxylic acids is 1. The van der Waals surface area contributed by atoms with Crippen LogP contribution in [0.25, 0.3) is 21.8 Å². The first-order valence-electron chi connectivity index (χ1n) is 13.7. The highest BCUT2D eigenvalue weighted by atomic mass is 16.6. The summed E-state index contributed by atoms with van der Waals surface area (Å²) in [6.45, 7) is 0.645. The number of fused-ring (bicyclic) bond motifs is 2. The van der Waals surface area contributed by atoms with E-state index in [1.54, 1.807) is 0 Å². The molecule has 8 heteroatoms. The number of hydrogen-bond acceptors (Lipinski definition) is 7. The van der Waals surface area contributed by atoms with Crippen LogP contribution in [0, 0.1) is 0 Å². The summed E-state index contributed by atoms with van der Waals surface area (Å²) in [6, 6.07) is 38.6. The summed E-state index contributed by atoms with van der Waals surface area (Å²) in [5.41, 5.74) is 5.03. The van der Waals surface area contributed by atoms with Crippen molar-refractivity contribution in [3.63, 3.8) is 0 Å². The number of ether oxygens (including phenoxy) is 2. The van der Waals surface area contributed by atoms with E-state index < -0.39 is 12.1 Å². The molecule has 2 aromatic heterocycles. The molecule has 43 heavy (non-hydrogen) atoms. The monoisotopic (exact) mass is 569 g/mol. The van der Waals surface area contributed by atoms with Crippen molar-refractivity contribution in [2.24, 2.45) is 5.16 Å². The molecule has 6 aromatic rings. The number of carbonyl (C=O) groups is 1. The molecule has 0 aliphatic heterocycles. The summed E-state index contributed by atoms with van der Waals surface area (Å²) in [7, 11) is 0. The van der Waals surface area contributed by atoms with Gasteiger partial charge in [-0.1, -0.05) is 78.0 Å². The Kier molecular flexibility index (Phi) is 8.18. The molecule has 0 aliphatic rings. The minimum absolute atomic E-state index is 0.323. The summed E-state index contributed by atoms with van der Waals surface area (Å²) in [5, 5.41) is 14.8. The molecule has 0 amide bonds. The van der Waals surface area contributed by atoms with E-state index in [0.29, 0.717) is 24.7 Å². The van der Waals surface area contributed by atoms with E-state index in [9.17, 15) is 4.79 Å². The van der Waals surface area contributed by atoms with Crippen LogP contribution in [0.5, 0.6) is 11.5 Å². The molecule has 0 aliphatic carbocycles. The molecule has 6 rings (SSSR count). The van der Waals surface area contributed by atoms with Gasteiger partial charge in [0.25, 0.3) is 0 Å². The number of carboxylic acids is 1. The average molecular weight is 570 g/mol. The Bertz CT molecular complexity index is 1760. The number of pyridine rings is 2. The van der Waals surface area contributed by atoms with Crippen LogP contribution in [0.15, 0.2) is 126 Å². The lowest BCUT2D eigenvalue weighted by Gasteiger charge is -2.17. The van der Waals surface area contributed by atoms with Gasteiger partial charge < -0.3 is 19.4 Å². The Hall–Kier alpha value is -5.76. The van der Waals surface area contributed by atoms with Crippen molar-refractivity contribution < 1.29 is 24.2 Å². The maximum Gasteiger partial charge on any atom is 0.350 e. The van der Waals surface area contributed by atoms with Crippen LogP contribution in [-0.2, 0) is 22.8 Å². The third kappa shape index (κ3) is 6.94. The van der Waals surface area contributed by atoms with Crippen LogP contribution in [0.1, 0.15) is 28.6 Å². The van der Waals surface area contributed by atoms with Gasteiger partial charge in [-0.25, -0.2) is 14.8 Å². The molecule has 0 radical (unpaired) electrons. The van der Waals surface area contributed by atoms with Gasteiger partial charge in [0, 0.05) is 10.8 Å². The number of carboxylic acid groups (broad SMARTS) is 1. The van der Waals surface area contributed by atoms with Gasteiger partial charge in [0.15, 0.2) is 12.3 Å². The number of nitrogens with zero attached hydrogens (tertiary/aromatic N) is 3. The molecule has 1 N–H and O–H groups in total. The lowest BCUT2D eigenvalue weighted by atomic mass is 10.0. The molecule has 0 bridgehead atoms. The van der Waals surface area contributed by atoms with E-state index >= 15 is 0 Å². The maximum absolute atomic E-state index is 11.0. The van der Waals surface area contributed by atoms with E-state index in [0.717, 1.165) is 50.5 Å². The fraction of sp³-hybridized carbons (Fsp3) is 0.0857. The molecule has 0 saturated heterocycles. The zero-order chi connectivity index (χ0) is 29.4. The number of aromatic nitrogens is 2. The van der Waals surface area contributed by atoms with Crippen LogP contribution >= 0.6 is 0 Å². The minimum Gasteiger partial charge on any atom is -0.487 e. The molecule has 4 aromatic carbocycles. The van der Waals surface area contributed by atoms with Crippen LogP contribution in [0.2, 0.25) is 0 Å². The van der Waals surface area contributed by atoms with Crippen molar-refractivity contribution in [1.29, 1.82) is 0 Å². The summed E-state index contributed by atoms with van der Waals surface area (Å²) < 4.78 is 11.9. The van der Waals surface area contributed by atoms with Crippen LogP contribution < -0.4 is 9.47 Å². The zero-order valence-corrected chi connectivity index (χ0v) is 23.0. The second-order valence-electron chi connectivity index (χ2n) is 9.76. The van der Waals surface area contributed by atoms with Gasteiger partial charge in [0.05, 0.1) is 22.4 Å². The number of hydrogen-bond donors (Lipinski definition) is 1. The third-order valence-electron chi connectivity index (χ3n) is 6.78. The van der Waals surface area contributed by atoms with Crippen molar-refractivity contribution in [2.75, 3.05) is 0 Å². The third-order valence-corrected chi connectivity index (χ3v) is 6.78. The van der Waals surface area contributed by atoms with Gasteiger partial charge in [-0.2, -0.15) is 0 Å². The first-order chi connectivity index (χ1) is 21.1. The van der Waals surface area contributed by atoms with Crippen LogP contribution in [-0.4, -0.2) is 27.3 Å². The predicted molar refractivity (Wildman–Crippen MR) is 164 cm³/mol. The molecule has 0 atom stereocenters. The molecular formula is C35H27N3O5. The van der Waals surface area contributed by atoms with E-state index in [1.807, 2.05) is 121 Å². The molecule has 0 unspecified atom stereocenters. The van der Waals surface area contributed by atoms with Crippen molar-refractivity contribution in [3.05, 3.63) is 144 Å². The smallest absolute Gasteiger partial charge is 0.350 e. The molecule has 0 spiro atoms. The molecule has 212 valence electrons. The van der Waals surface area contributed by atoms with E-state index in [2.05, 4.69) is 15.1 Å². The fourth-order valence-corrected chi connectivity index (χ4v) is 4.62. The van der Waals surface area contributed by atoms with Gasteiger partial charge in [-0.3, -0.25) is 0 Å². The summed E-state index contributed by atoms with van der Waals surface area (Å²) >= 11 is 0. The van der Waals surface area contributed by atoms with Crippen molar-refractivity contribution in [2.45, 2.75) is 19.3 Å². The molecule has 0 fully saturated rings. The van der Waals surface area contributed by atoms with E-state index in [4.69, 9.17) is 19.4 Å². The fourth-order valence-electron chi connectivity index (χ4n) is 4.62. The van der Waals surface area contributed by atoms with Crippen LogP contribution in [0.4, 0.5) is 0 Å². The molecule has 0 saturated carbocycles. The maximum atomic E-state index is 11.0. The standard InChI is InChI=1S/C35H27N3O5/c39-34(40)21-36-43-35(26-11-17-30(18-12-26)41-22-28-15-9-24-5-1-3-7-32(24)37-28)27-13-19-31(20-14-27)42-23-29-16-10-25-6-2-4-8-33(25)38-29/h1-21,35H,22-23H2,(H,39,40). The first kappa shape index (κ1) is 27.4. The van der Waals surface area contributed by atoms with Gasteiger partial charge in [0.1, 0.15) is 24.7 Å². The van der Waals surface area contributed by atoms with Gasteiger partial charge in [0.2, 0.25) is 0 Å². The topological polar surface area (TPSA) is 103 Å². The normalized spacial score (nSPS) is 11.3. The van der Waals surface area contributed by atoms with Gasteiger partial charge in [-0.15, -0.1) is 0 Å². The lowest BCUT2D eigenvalue weighted by Crippen LogP contribution is -2.05. The molecular weight excluding hydrogens is 542 g/mol. The van der Waals surface area contributed by atoms with Crippen molar-refractivity contribution >= 4 is 34.0 Å². The number of benzene rings is 4. The Morgan fingerprint density at radius 1 is 0.651 bits per heavy atom. The second kappa shape index (κ2) is 12.8. The Labute approximate surface area is 247 Å². The predicted octanol–water partition coefficient (Wildman–Crippen LogP) is 7.12. The van der Waals surface area contributed by atoms with Crippen LogP contribution in [0.3, 0.4) is 0 Å². The molecule has 2 heterocycles. The zero-order valence-electron chi connectivity index (χ0n) is 23.0. The number of rotatable bonds is 11. The van der Waals surface area contributed by atoms with E-state index in [1.165, 1.54) is 0 Å². The van der Waals surface area contributed by atoms with Gasteiger partial charge >= 0.3 is 5.97 Å². The highest BCUT2D eigenvalue weighted by Crippen LogP contribution is 2.30. The highest BCUT2D eigenvalue weighted by Gasteiger charge is 2.17. The number of oxime groups is 1. The Balaban J connectivity index is 1.13. The average Bonchev–Trinajstić information content (AvgIpc) is 3.05. The summed E-state index contributed by atoms with van der Waals surface area (Å²) in [4.78, 5) is 25.9. The lowest BCUT2D eigenvalue weighted by molar-refractivity contribution is -0.129. The minimum atomic E-state index is -1.20.